The van der Waals surface area contributed by atoms with Gasteiger partial charge >= 0.3 is 0 Å². The second-order valence-corrected chi connectivity index (χ2v) is 7.59. The van der Waals surface area contributed by atoms with Crippen LogP contribution in [-0.4, -0.2) is 49.3 Å². The monoisotopic (exact) mass is 323 g/mol. The van der Waals surface area contributed by atoms with Gasteiger partial charge in [0.25, 0.3) is 5.91 Å². The molecule has 0 aromatic carbocycles. The number of amides is 1. The van der Waals surface area contributed by atoms with Crippen LogP contribution in [-0.2, 0) is 17.6 Å². The lowest BCUT2D eigenvalue weighted by Crippen LogP contribution is -2.44. The molecule has 1 amide bonds. The molecule has 0 spiro atoms. The molecule has 1 fully saturated rings. The lowest BCUT2D eigenvalue weighted by atomic mass is 9.80. The molecule has 122 valence electrons. The minimum Gasteiger partial charge on any atom is -0.396 e. The number of rotatable bonds is 4. The molecule has 0 atom stereocenters. The smallest absolute Gasteiger partial charge is 0.263 e. The Morgan fingerprint density at radius 3 is 2.82 bits per heavy atom. The van der Waals surface area contributed by atoms with Gasteiger partial charge in [-0.1, -0.05) is 0 Å². The summed E-state index contributed by atoms with van der Waals surface area (Å²) in [5, 5.41) is 12.0. The molecule has 1 aliphatic heterocycles. The van der Waals surface area contributed by atoms with Gasteiger partial charge in [-0.2, -0.15) is 0 Å². The molecule has 2 aliphatic rings. The maximum Gasteiger partial charge on any atom is 0.263 e. The molecular formula is C17H25NO3S. The Labute approximate surface area is 136 Å². The summed E-state index contributed by atoms with van der Waals surface area (Å²) >= 11 is 1.59. The molecule has 4 nitrogen and oxygen atoms in total. The fraction of sp³-hybridized carbons (Fsp3) is 0.706. The van der Waals surface area contributed by atoms with E-state index in [0.717, 1.165) is 30.6 Å². The first-order valence-electron chi connectivity index (χ1n) is 8.18. The number of aliphatic hydroxyl groups excluding tert-OH is 1. The molecule has 1 saturated heterocycles. The van der Waals surface area contributed by atoms with Crippen molar-refractivity contribution in [2.24, 2.45) is 5.41 Å². The molecule has 0 unspecified atom stereocenters. The minimum atomic E-state index is -0.194. The van der Waals surface area contributed by atoms with Crippen molar-refractivity contribution in [2.45, 2.75) is 38.5 Å². The first kappa shape index (κ1) is 16.0. The highest BCUT2D eigenvalue weighted by atomic mass is 32.1. The summed E-state index contributed by atoms with van der Waals surface area (Å²) in [6, 6.07) is 0. The van der Waals surface area contributed by atoms with Crippen LogP contribution in [0.5, 0.6) is 0 Å². The summed E-state index contributed by atoms with van der Waals surface area (Å²) in [5.74, 6) is 0.118. The van der Waals surface area contributed by atoms with E-state index >= 15 is 0 Å². The average molecular weight is 323 g/mol. The number of aryl methyl sites for hydroxylation is 1. The number of ether oxygens (including phenoxy) is 1. The lowest BCUT2D eigenvalue weighted by Gasteiger charge is -2.38. The normalized spacial score (nSPS) is 20.5. The van der Waals surface area contributed by atoms with Crippen molar-refractivity contribution in [1.82, 2.24) is 4.90 Å². The summed E-state index contributed by atoms with van der Waals surface area (Å²) < 4.78 is 5.40. The van der Waals surface area contributed by atoms with Gasteiger partial charge in [-0.05, 0) is 55.0 Å². The van der Waals surface area contributed by atoms with E-state index in [1.165, 1.54) is 24.0 Å². The van der Waals surface area contributed by atoms with Crippen LogP contribution in [0.1, 0.15) is 46.5 Å². The number of carbonyl (C=O) groups is 1. The van der Waals surface area contributed by atoms with E-state index in [1.54, 1.807) is 11.3 Å². The Morgan fingerprint density at radius 1 is 1.36 bits per heavy atom. The average Bonchev–Trinajstić information content (AvgIpc) is 2.99. The third-order valence-corrected chi connectivity index (χ3v) is 6.17. The summed E-state index contributed by atoms with van der Waals surface area (Å²) in [6.45, 7) is 2.09. The first-order chi connectivity index (χ1) is 10.7. The van der Waals surface area contributed by atoms with Gasteiger partial charge in [0.1, 0.15) is 0 Å². The van der Waals surface area contributed by atoms with Gasteiger partial charge in [0.15, 0.2) is 0 Å². The number of hydrogen-bond acceptors (Lipinski definition) is 4. The maximum atomic E-state index is 12.8. The zero-order chi connectivity index (χ0) is 15.6. The summed E-state index contributed by atoms with van der Waals surface area (Å²) in [4.78, 5) is 15.6. The fourth-order valence-electron chi connectivity index (χ4n) is 3.62. The molecule has 1 N–H and O–H groups in total. The highest BCUT2D eigenvalue weighted by Gasteiger charge is 2.35. The van der Waals surface area contributed by atoms with Gasteiger partial charge in [-0.3, -0.25) is 4.79 Å². The van der Waals surface area contributed by atoms with Crippen LogP contribution in [0.25, 0.3) is 0 Å². The SMILES string of the molecule is CN(CC1(CO)CCOCC1)C(=O)c1scc2c1CCCC2. The van der Waals surface area contributed by atoms with Crippen molar-refractivity contribution >= 4 is 17.2 Å². The maximum absolute atomic E-state index is 12.8. The molecule has 1 aromatic heterocycles. The quantitative estimate of drug-likeness (QED) is 0.926. The van der Waals surface area contributed by atoms with Gasteiger partial charge in [-0.15, -0.1) is 11.3 Å². The van der Waals surface area contributed by atoms with Crippen LogP contribution in [0.3, 0.4) is 0 Å². The largest absolute Gasteiger partial charge is 0.396 e. The van der Waals surface area contributed by atoms with E-state index in [9.17, 15) is 9.90 Å². The fourth-order valence-corrected chi connectivity index (χ4v) is 4.77. The Kier molecular flexibility index (Phi) is 4.85. The lowest BCUT2D eigenvalue weighted by molar-refractivity contribution is -0.0282. The van der Waals surface area contributed by atoms with Gasteiger partial charge in [0.2, 0.25) is 0 Å². The first-order valence-corrected chi connectivity index (χ1v) is 9.06. The van der Waals surface area contributed by atoms with E-state index in [1.807, 2.05) is 11.9 Å². The van der Waals surface area contributed by atoms with Crippen LogP contribution in [0.15, 0.2) is 5.38 Å². The number of carbonyl (C=O) groups excluding carboxylic acids is 1. The summed E-state index contributed by atoms with van der Waals surface area (Å²) in [7, 11) is 1.87. The molecule has 1 aliphatic carbocycles. The van der Waals surface area contributed by atoms with E-state index in [0.29, 0.717) is 19.8 Å². The zero-order valence-corrected chi connectivity index (χ0v) is 14.1. The number of nitrogens with zero attached hydrogens (tertiary/aromatic N) is 1. The zero-order valence-electron chi connectivity index (χ0n) is 13.3. The highest BCUT2D eigenvalue weighted by molar-refractivity contribution is 7.12. The summed E-state index contributed by atoms with van der Waals surface area (Å²) in [5.41, 5.74) is 2.45. The van der Waals surface area contributed by atoms with E-state index < -0.39 is 0 Å². The molecule has 0 saturated carbocycles. The number of fused-ring (bicyclic) bond motifs is 1. The molecular weight excluding hydrogens is 298 g/mol. The van der Waals surface area contributed by atoms with Crippen molar-refractivity contribution < 1.29 is 14.6 Å². The van der Waals surface area contributed by atoms with Crippen molar-refractivity contribution in [3.05, 3.63) is 21.4 Å². The van der Waals surface area contributed by atoms with Crippen molar-refractivity contribution in [3.63, 3.8) is 0 Å². The van der Waals surface area contributed by atoms with Crippen molar-refractivity contribution in [3.8, 4) is 0 Å². The predicted octanol–water partition coefficient (Wildman–Crippen LogP) is 2.49. The van der Waals surface area contributed by atoms with Crippen LogP contribution < -0.4 is 0 Å². The van der Waals surface area contributed by atoms with E-state index in [4.69, 9.17) is 4.74 Å². The van der Waals surface area contributed by atoms with E-state index in [2.05, 4.69) is 5.38 Å². The van der Waals surface area contributed by atoms with Crippen LogP contribution in [0.2, 0.25) is 0 Å². The molecule has 3 rings (SSSR count). The second-order valence-electron chi connectivity index (χ2n) is 6.71. The standard InChI is InChI=1S/C17H25NO3S/c1-18(11-17(12-19)6-8-21-9-7-17)16(20)15-14-5-3-2-4-13(14)10-22-15/h10,19H,2-9,11-12H2,1H3. The van der Waals surface area contributed by atoms with Gasteiger partial charge in [0, 0.05) is 32.2 Å². The van der Waals surface area contributed by atoms with Crippen LogP contribution in [0, 0.1) is 5.41 Å². The van der Waals surface area contributed by atoms with Crippen molar-refractivity contribution in [1.29, 1.82) is 0 Å². The minimum absolute atomic E-state index is 0.118. The molecule has 0 bridgehead atoms. The highest BCUT2D eigenvalue weighted by Crippen LogP contribution is 2.33. The van der Waals surface area contributed by atoms with Gasteiger partial charge in [0.05, 0.1) is 11.5 Å². The van der Waals surface area contributed by atoms with Crippen LogP contribution >= 0.6 is 11.3 Å². The number of hydrogen-bond donors (Lipinski definition) is 1. The summed E-state index contributed by atoms with van der Waals surface area (Å²) in [6.07, 6.45) is 6.22. The Hall–Kier alpha value is -0.910. The van der Waals surface area contributed by atoms with Crippen LogP contribution in [0.4, 0.5) is 0 Å². The van der Waals surface area contributed by atoms with Crippen molar-refractivity contribution in [2.75, 3.05) is 33.4 Å². The van der Waals surface area contributed by atoms with E-state index in [-0.39, 0.29) is 17.9 Å². The number of thiophene rings is 1. The van der Waals surface area contributed by atoms with Gasteiger partial charge in [-0.25, -0.2) is 0 Å². The van der Waals surface area contributed by atoms with Gasteiger partial charge < -0.3 is 14.7 Å². The molecule has 0 radical (unpaired) electrons. The Bertz CT molecular complexity index is 534. The Morgan fingerprint density at radius 2 is 2.09 bits per heavy atom. The Balaban J connectivity index is 1.73. The topological polar surface area (TPSA) is 49.8 Å². The second kappa shape index (κ2) is 6.69. The predicted molar refractivity (Wildman–Crippen MR) is 87.5 cm³/mol. The molecule has 2 heterocycles. The molecule has 22 heavy (non-hydrogen) atoms. The third kappa shape index (κ3) is 3.07. The molecule has 1 aromatic rings. The molecule has 5 heteroatoms. The number of aliphatic hydroxyl groups is 1. The third-order valence-electron chi connectivity index (χ3n) is 5.11.